The number of hydrogen-bond acceptors (Lipinski definition) is 5. The van der Waals surface area contributed by atoms with Crippen molar-refractivity contribution < 1.29 is 4.79 Å². The number of likely N-dealkylation sites (tertiary alicyclic amines) is 1. The Hall–Kier alpha value is -1.95. The lowest BCUT2D eigenvalue weighted by Crippen LogP contribution is -2.48. The number of hydrogen-bond donors (Lipinski definition) is 1. The molecule has 1 fully saturated rings. The van der Waals surface area contributed by atoms with Crippen LogP contribution in [0.15, 0.2) is 23.0 Å². The summed E-state index contributed by atoms with van der Waals surface area (Å²) in [5, 5.41) is 4.07. The van der Waals surface area contributed by atoms with Gasteiger partial charge in [0.25, 0.3) is 0 Å². The first-order chi connectivity index (χ1) is 11.2. The van der Waals surface area contributed by atoms with E-state index in [0.717, 1.165) is 50.0 Å². The van der Waals surface area contributed by atoms with E-state index in [1.54, 1.807) is 11.3 Å². The molecule has 1 amide bonds. The summed E-state index contributed by atoms with van der Waals surface area (Å²) < 4.78 is 0. The van der Waals surface area contributed by atoms with Crippen LogP contribution in [0.25, 0.3) is 0 Å². The molecule has 2 N–H and O–H groups in total. The van der Waals surface area contributed by atoms with Gasteiger partial charge in [0.1, 0.15) is 0 Å². The van der Waals surface area contributed by atoms with Crippen molar-refractivity contribution in [1.29, 1.82) is 0 Å². The van der Waals surface area contributed by atoms with Crippen molar-refractivity contribution in [2.75, 3.05) is 18.8 Å². The van der Waals surface area contributed by atoms with Gasteiger partial charge >= 0.3 is 0 Å². The van der Waals surface area contributed by atoms with Crippen molar-refractivity contribution in [3.05, 3.63) is 39.8 Å². The van der Waals surface area contributed by atoms with Gasteiger partial charge in [0.2, 0.25) is 11.9 Å². The van der Waals surface area contributed by atoms with Crippen LogP contribution in [0.5, 0.6) is 0 Å². The Kier molecular flexibility index (Phi) is 3.56. The Morgan fingerprint density at radius 1 is 1.43 bits per heavy atom. The maximum Gasteiger partial charge on any atom is 0.227 e. The zero-order chi connectivity index (χ0) is 15.9. The third kappa shape index (κ3) is 2.61. The molecule has 6 heteroatoms. The Labute approximate surface area is 139 Å². The molecule has 2 aliphatic rings. The highest BCUT2D eigenvalue weighted by Gasteiger charge is 2.44. The fraction of sp³-hybridized carbons (Fsp3) is 0.471. The number of nitrogen functional groups attached to an aromatic ring is 1. The summed E-state index contributed by atoms with van der Waals surface area (Å²) in [6, 6.07) is 2.03. The molecule has 1 aliphatic heterocycles. The molecule has 0 saturated carbocycles. The highest BCUT2D eigenvalue weighted by Crippen LogP contribution is 2.44. The van der Waals surface area contributed by atoms with Gasteiger partial charge in [0.05, 0.1) is 12.1 Å². The topological polar surface area (TPSA) is 72.1 Å². The van der Waals surface area contributed by atoms with Crippen LogP contribution in [-0.2, 0) is 23.1 Å². The minimum absolute atomic E-state index is 0.0189. The quantitative estimate of drug-likeness (QED) is 0.917. The predicted octanol–water partition coefficient (Wildman–Crippen LogP) is 2.17. The van der Waals surface area contributed by atoms with Gasteiger partial charge in [-0.3, -0.25) is 4.79 Å². The number of aromatic nitrogens is 2. The number of thiophene rings is 1. The number of aryl methyl sites for hydroxylation is 1. The van der Waals surface area contributed by atoms with E-state index in [4.69, 9.17) is 5.73 Å². The SMILES string of the molecule is Nc1ncc2c(n1)C1(CCCN(C(=O)Cc3ccsc3)C1)CC2. The van der Waals surface area contributed by atoms with E-state index in [1.807, 2.05) is 22.5 Å². The zero-order valence-corrected chi connectivity index (χ0v) is 13.8. The number of nitrogens with zero attached hydrogens (tertiary/aromatic N) is 3. The molecule has 2 aromatic rings. The molecule has 1 atom stereocenters. The van der Waals surface area contributed by atoms with Crippen molar-refractivity contribution in [3.8, 4) is 0 Å². The summed E-state index contributed by atoms with van der Waals surface area (Å²) in [6.07, 6.45) is 6.50. The van der Waals surface area contributed by atoms with Gasteiger partial charge in [0, 0.05) is 24.7 Å². The summed E-state index contributed by atoms with van der Waals surface area (Å²) in [4.78, 5) is 23.3. The Balaban J connectivity index is 1.56. The fourth-order valence-corrected chi connectivity index (χ4v) is 4.65. The van der Waals surface area contributed by atoms with Crippen LogP contribution < -0.4 is 5.73 Å². The van der Waals surface area contributed by atoms with E-state index >= 15 is 0 Å². The number of piperidine rings is 1. The molecular formula is C17H20N4OS. The van der Waals surface area contributed by atoms with Crippen molar-refractivity contribution in [2.45, 2.75) is 37.5 Å². The molecule has 4 rings (SSSR count). The third-order valence-corrected chi connectivity index (χ3v) is 5.86. The first-order valence-corrected chi connectivity index (χ1v) is 9.01. The van der Waals surface area contributed by atoms with E-state index in [9.17, 15) is 4.79 Å². The number of carbonyl (C=O) groups excluding carboxylic acids is 1. The molecule has 0 radical (unpaired) electrons. The highest BCUT2D eigenvalue weighted by molar-refractivity contribution is 7.08. The van der Waals surface area contributed by atoms with Crippen LogP contribution >= 0.6 is 11.3 Å². The monoisotopic (exact) mass is 328 g/mol. The Bertz CT molecular complexity index is 726. The van der Waals surface area contributed by atoms with Gasteiger partial charge in [-0.1, -0.05) is 0 Å². The van der Waals surface area contributed by atoms with E-state index in [1.165, 1.54) is 5.56 Å². The van der Waals surface area contributed by atoms with Crippen LogP contribution in [-0.4, -0.2) is 33.9 Å². The average molecular weight is 328 g/mol. The second-order valence-corrected chi connectivity index (χ2v) is 7.39. The maximum atomic E-state index is 12.7. The lowest BCUT2D eigenvalue weighted by Gasteiger charge is -2.40. The molecule has 1 saturated heterocycles. The molecule has 1 unspecified atom stereocenters. The second-order valence-electron chi connectivity index (χ2n) is 6.61. The number of amides is 1. The average Bonchev–Trinajstić information content (AvgIpc) is 3.17. The van der Waals surface area contributed by atoms with Gasteiger partial charge in [-0.05, 0) is 53.6 Å². The van der Waals surface area contributed by atoms with E-state index in [-0.39, 0.29) is 11.3 Å². The molecule has 5 nitrogen and oxygen atoms in total. The van der Waals surface area contributed by atoms with Crippen LogP contribution in [0.1, 0.15) is 36.1 Å². The van der Waals surface area contributed by atoms with Gasteiger partial charge in [0.15, 0.2) is 0 Å². The maximum absolute atomic E-state index is 12.7. The van der Waals surface area contributed by atoms with Crippen molar-refractivity contribution >= 4 is 23.2 Å². The molecule has 0 aromatic carbocycles. The van der Waals surface area contributed by atoms with Crippen LogP contribution in [0, 0.1) is 0 Å². The van der Waals surface area contributed by atoms with Gasteiger partial charge in [-0.2, -0.15) is 11.3 Å². The second kappa shape index (κ2) is 5.60. The number of anilines is 1. The molecule has 23 heavy (non-hydrogen) atoms. The smallest absolute Gasteiger partial charge is 0.227 e. The minimum Gasteiger partial charge on any atom is -0.368 e. The van der Waals surface area contributed by atoms with Crippen molar-refractivity contribution in [3.63, 3.8) is 0 Å². The van der Waals surface area contributed by atoms with Crippen molar-refractivity contribution in [1.82, 2.24) is 14.9 Å². The summed E-state index contributed by atoms with van der Waals surface area (Å²) in [6.45, 7) is 1.61. The summed E-state index contributed by atoms with van der Waals surface area (Å²) in [5.74, 6) is 0.560. The van der Waals surface area contributed by atoms with E-state index in [2.05, 4.69) is 15.3 Å². The number of carbonyl (C=O) groups is 1. The molecule has 3 heterocycles. The summed E-state index contributed by atoms with van der Waals surface area (Å²) >= 11 is 1.64. The van der Waals surface area contributed by atoms with E-state index < -0.39 is 0 Å². The van der Waals surface area contributed by atoms with Crippen LogP contribution in [0.4, 0.5) is 5.95 Å². The van der Waals surface area contributed by atoms with Gasteiger partial charge < -0.3 is 10.6 Å². The Morgan fingerprint density at radius 2 is 2.35 bits per heavy atom. The summed E-state index contributed by atoms with van der Waals surface area (Å²) in [7, 11) is 0. The molecule has 0 bridgehead atoms. The normalized spacial score (nSPS) is 23.2. The Morgan fingerprint density at radius 3 is 3.17 bits per heavy atom. The standard InChI is InChI=1S/C17H20N4OS/c18-16-19-9-13-2-5-17(15(13)20-16)4-1-6-21(11-17)14(22)8-12-3-7-23-10-12/h3,7,9-10H,1-2,4-6,8,11H2,(H2,18,19,20). The molecule has 1 aliphatic carbocycles. The molecule has 1 spiro atoms. The highest BCUT2D eigenvalue weighted by atomic mass is 32.1. The molecule has 2 aromatic heterocycles. The van der Waals surface area contributed by atoms with Crippen LogP contribution in [0.3, 0.4) is 0 Å². The van der Waals surface area contributed by atoms with Gasteiger partial charge in [-0.15, -0.1) is 0 Å². The predicted molar refractivity (Wildman–Crippen MR) is 90.3 cm³/mol. The number of fused-ring (bicyclic) bond motifs is 2. The molecular weight excluding hydrogens is 308 g/mol. The zero-order valence-electron chi connectivity index (χ0n) is 13.0. The number of nitrogens with two attached hydrogens (primary N) is 1. The minimum atomic E-state index is -0.0189. The van der Waals surface area contributed by atoms with Crippen LogP contribution in [0.2, 0.25) is 0 Å². The lowest BCUT2D eigenvalue weighted by molar-refractivity contribution is -0.132. The largest absolute Gasteiger partial charge is 0.368 e. The number of rotatable bonds is 2. The van der Waals surface area contributed by atoms with Crippen molar-refractivity contribution in [2.24, 2.45) is 0 Å². The molecule has 120 valence electrons. The van der Waals surface area contributed by atoms with E-state index in [0.29, 0.717) is 12.4 Å². The summed E-state index contributed by atoms with van der Waals surface area (Å²) in [5.41, 5.74) is 9.18. The lowest BCUT2D eigenvalue weighted by atomic mass is 9.77. The van der Waals surface area contributed by atoms with Gasteiger partial charge in [-0.25, -0.2) is 9.97 Å². The third-order valence-electron chi connectivity index (χ3n) is 5.12. The fourth-order valence-electron chi connectivity index (χ4n) is 3.98. The first kappa shape index (κ1) is 14.6. The first-order valence-electron chi connectivity index (χ1n) is 8.07.